The fraction of sp³-hybridized carbons (Fsp3) is 0.706. The molecule has 1 saturated heterocycles. The second kappa shape index (κ2) is 7.73. The second-order valence-electron chi connectivity index (χ2n) is 6.87. The molecular formula is C17H29N5O. The molecule has 1 aliphatic rings. The van der Waals surface area contributed by atoms with Gasteiger partial charge < -0.3 is 10.2 Å². The molecule has 1 N–H and O–H groups in total. The standard InChI is InChI=1S/C17H29N5O/c1-12(2)17-19-14(5)10-15(20-17)22-8-6-21(7-9-22)11-16(23)18-13(3)4/h10,12-13H,6-9,11H2,1-5H3,(H,18,23). The number of rotatable bonds is 5. The van der Waals surface area contributed by atoms with Gasteiger partial charge in [-0.05, 0) is 20.8 Å². The molecule has 2 rings (SSSR count). The minimum absolute atomic E-state index is 0.105. The summed E-state index contributed by atoms with van der Waals surface area (Å²) in [6.07, 6.45) is 0. The van der Waals surface area contributed by atoms with E-state index >= 15 is 0 Å². The van der Waals surface area contributed by atoms with Crippen LogP contribution < -0.4 is 10.2 Å². The Morgan fingerprint density at radius 1 is 1.17 bits per heavy atom. The topological polar surface area (TPSA) is 61.4 Å². The van der Waals surface area contributed by atoms with Crippen LogP contribution >= 0.6 is 0 Å². The first kappa shape index (κ1) is 17.7. The first-order valence-corrected chi connectivity index (χ1v) is 8.47. The van der Waals surface area contributed by atoms with Crippen molar-refractivity contribution in [3.8, 4) is 0 Å². The van der Waals surface area contributed by atoms with E-state index in [1.54, 1.807) is 0 Å². The molecule has 2 heterocycles. The summed E-state index contributed by atoms with van der Waals surface area (Å²) in [4.78, 5) is 25.5. The van der Waals surface area contributed by atoms with Gasteiger partial charge in [-0.2, -0.15) is 0 Å². The lowest BCUT2D eigenvalue weighted by atomic mass is 10.2. The van der Waals surface area contributed by atoms with Gasteiger partial charge in [-0.25, -0.2) is 9.97 Å². The molecule has 0 atom stereocenters. The lowest BCUT2D eigenvalue weighted by molar-refractivity contribution is -0.122. The van der Waals surface area contributed by atoms with Crippen LogP contribution in [0.4, 0.5) is 5.82 Å². The number of nitrogens with zero attached hydrogens (tertiary/aromatic N) is 4. The summed E-state index contributed by atoms with van der Waals surface area (Å²) in [5.74, 6) is 2.34. The van der Waals surface area contributed by atoms with E-state index in [-0.39, 0.29) is 11.9 Å². The van der Waals surface area contributed by atoms with Crippen LogP contribution in [0.5, 0.6) is 0 Å². The molecule has 1 aromatic heterocycles. The second-order valence-corrected chi connectivity index (χ2v) is 6.87. The lowest BCUT2D eigenvalue weighted by Gasteiger charge is -2.35. The van der Waals surface area contributed by atoms with Gasteiger partial charge in [0, 0.05) is 49.9 Å². The Morgan fingerprint density at radius 2 is 1.83 bits per heavy atom. The Bertz CT molecular complexity index is 536. The highest BCUT2D eigenvalue weighted by atomic mass is 16.2. The maximum Gasteiger partial charge on any atom is 0.234 e. The van der Waals surface area contributed by atoms with Crippen molar-refractivity contribution in [1.29, 1.82) is 0 Å². The number of hydrogen-bond donors (Lipinski definition) is 1. The molecule has 6 heteroatoms. The van der Waals surface area contributed by atoms with Crippen LogP contribution in [-0.2, 0) is 4.79 Å². The van der Waals surface area contributed by atoms with Crippen LogP contribution in [0.1, 0.15) is 45.1 Å². The number of carbonyl (C=O) groups is 1. The molecule has 1 fully saturated rings. The smallest absolute Gasteiger partial charge is 0.234 e. The number of aromatic nitrogens is 2. The van der Waals surface area contributed by atoms with Crippen LogP contribution in [0.25, 0.3) is 0 Å². The third kappa shape index (κ3) is 5.16. The number of piperazine rings is 1. The van der Waals surface area contributed by atoms with Gasteiger partial charge in [-0.15, -0.1) is 0 Å². The number of carbonyl (C=O) groups excluding carboxylic acids is 1. The molecule has 6 nitrogen and oxygen atoms in total. The van der Waals surface area contributed by atoms with Gasteiger partial charge in [0.25, 0.3) is 0 Å². The Hall–Kier alpha value is -1.69. The van der Waals surface area contributed by atoms with E-state index in [0.717, 1.165) is 43.5 Å². The summed E-state index contributed by atoms with van der Waals surface area (Å²) in [6, 6.07) is 2.25. The zero-order valence-electron chi connectivity index (χ0n) is 15.0. The Labute approximate surface area is 139 Å². The van der Waals surface area contributed by atoms with E-state index in [1.807, 2.05) is 26.8 Å². The predicted molar refractivity (Wildman–Crippen MR) is 92.8 cm³/mol. The van der Waals surface area contributed by atoms with Gasteiger partial charge in [0.05, 0.1) is 6.54 Å². The number of anilines is 1. The van der Waals surface area contributed by atoms with E-state index in [4.69, 9.17) is 4.98 Å². The summed E-state index contributed by atoms with van der Waals surface area (Å²) in [5, 5.41) is 2.95. The van der Waals surface area contributed by atoms with Gasteiger partial charge in [0.15, 0.2) is 0 Å². The zero-order chi connectivity index (χ0) is 17.0. The molecular weight excluding hydrogens is 290 g/mol. The van der Waals surface area contributed by atoms with E-state index in [0.29, 0.717) is 12.5 Å². The minimum Gasteiger partial charge on any atom is -0.354 e. The van der Waals surface area contributed by atoms with Crippen molar-refractivity contribution < 1.29 is 4.79 Å². The number of hydrogen-bond acceptors (Lipinski definition) is 5. The van der Waals surface area contributed by atoms with Crippen molar-refractivity contribution in [3.63, 3.8) is 0 Å². The van der Waals surface area contributed by atoms with Crippen molar-refractivity contribution >= 4 is 11.7 Å². The molecule has 0 saturated carbocycles. The highest BCUT2D eigenvalue weighted by Gasteiger charge is 2.21. The Balaban J connectivity index is 1.93. The average molecular weight is 319 g/mol. The van der Waals surface area contributed by atoms with E-state index in [1.165, 1.54) is 0 Å². The van der Waals surface area contributed by atoms with E-state index in [9.17, 15) is 4.79 Å². The van der Waals surface area contributed by atoms with Crippen LogP contribution in [0.2, 0.25) is 0 Å². The van der Waals surface area contributed by atoms with Gasteiger partial charge in [-0.1, -0.05) is 13.8 Å². The summed E-state index contributed by atoms with van der Waals surface area (Å²) < 4.78 is 0. The number of amides is 1. The molecule has 0 unspecified atom stereocenters. The van der Waals surface area contributed by atoms with Crippen LogP contribution in [-0.4, -0.2) is 59.5 Å². The summed E-state index contributed by atoms with van der Waals surface area (Å²) in [5.41, 5.74) is 1.01. The largest absolute Gasteiger partial charge is 0.354 e. The normalized spacial score (nSPS) is 16.2. The van der Waals surface area contributed by atoms with Gasteiger partial charge in [0.1, 0.15) is 11.6 Å². The monoisotopic (exact) mass is 319 g/mol. The molecule has 0 spiro atoms. The van der Waals surface area contributed by atoms with Crippen molar-refractivity contribution in [2.45, 2.75) is 46.6 Å². The molecule has 128 valence electrons. The first-order valence-electron chi connectivity index (χ1n) is 8.47. The van der Waals surface area contributed by atoms with Crippen LogP contribution in [0.3, 0.4) is 0 Å². The number of aryl methyl sites for hydroxylation is 1. The summed E-state index contributed by atoms with van der Waals surface area (Å²) in [6.45, 7) is 14.2. The van der Waals surface area contributed by atoms with E-state index < -0.39 is 0 Å². The quantitative estimate of drug-likeness (QED) is 0.892. The predicted octanol–water partition coefficient (Wildman–Crippen LogP) is 1.56. The Morgan fingerprint density at radius 3 is 2.39 bits per heavy atom. The lowest BCUT2D eigenvalue weighted by Crippen LogP contribution is -2.50. The van der Waals surface area contributed by atoms with Crippen LogP contribution in [0, 0.1) is 6.92 Å². The maximum absolute atomic E-state index is 11.9. The van der Waals surface area contributed by atoms with Crippen molar-refractivity contribution in [2.24, 2.45) is 0 Å². The third-order valence-electron chi connectivity index (χ3n) is 3.89. The maximum atomic E-state index is 11.9. The molecule has 1 amide bonds. The van der Waals surface area contributed by atoms with Crippen molar-refractivity contribution in [1.82, 2.24) is 20.2 Å². The van der Waals surface area contributed by atoms with E-state index in [2.05, 4.69) is 33.9 Å². The Kier molecular flexibility index (Phi) is 5.93. The third-order valence-corrected chi connectivity index (χ3v) is 3.89. The molecule has 0 aromatic carbocycles. The molecule has 0 aliphatic carbocycles. The average Bonchev–Trinajstić information content (AvgIpc) is 2.46. The van der Waals surface area contributed by atoms with Crippen LogP contribution in [0.15, 0.2) is 6.07 Å². The van der Waals surface area contributed by atoms with Gasteiger partial charge in [0.2, 0.25) is 5.91 Å². The fourth-order valence-corrected chi connectivity index (χ4v) is 2.70. The highest BCUT2D eigenvalue weighted by Crippen LogP contribution is 2.18. The molecule has 0 radical (unpaired) electrons. The number of nitrogens with one attached hydrogen (secondary N) is 1. The fourth-order valence-electron chi connectivity index (χ4n) is 2.70. The zero-order valence-corrected chi connectivity index (χ0v) is 15.0. The minimum atomic E-state index is 0.105. The van der Waals surface area contributed by atoms with Gasteiger partial charge >= 0.3 is 0 Å². The summed E-state index contributed by atoms with van der Waals surface area (Å²) in [7, 11) is 0. The molecule has 1 aliphatic heterocycles. The highest BCUT2D eigenvalue weighted by molar-refractivity contribution is 5.78. The SMILES string of the molecule is Cc1cc(N2CCN(CC(=O)NC(C)C)CC2)nc(C(C)C)n1. The van der Waals surface area contributed by atoms with Crippen molar-refractivity contribution in [3.05, 3.63) is 17.6 Å². The molecule has 1 aromatic rings. The molecule has 0 bridgehead atoms. The van der Waals surface area contributed by atoms with Crippen molar-refractivity contribution in [2.75, 3.05) is 37.6 Å². The first-order chi connectivity index (χ1) is 10.8. The summed E-state index contributed by atoms with van der Waals surface area (Å²) >= 11 is 0. The van der Waals surface area contributed by atoms with Gasteiger partial charge in [-0.3, -0.25) is 9.69 Å². The molecule has 23 heavy (non-hydrogen) atoms.